The molecule has 2 aromatic carbocycles. The molecule has 4 rings (SSSR count). The number of ether oxygens (including phenoxy) is 1. The van der Waals surface area contributed by atoms with E-state index in [-0.39, 0.29) is 50.0 Å². The molecule has 0 spiro atoms. The van der Waals surface area contributed by atoms with Gasteiger partial charge in [0.2, 0.25) is 5.13 Å². The molecule has 0 radical (unpaired) electrons. The van der Waals surface area contributed by atoms with Crippen LogP contribution in [0.3, 0.4) is 0 Å². The van der Waals surface area contributed by atoms with E-state index in [0.717, 1.165) is 6.07 Å². The van der Waals surface area contributed by atoms with Gasteiger partial charge in [-0.2, -0.15) is 12.8 Å². The number of pyridine rings is 1. The smallest absolute Gasteiger partial charge is 0.281 e. The zero-order valence-electron chi connectivity index (χ0n) is 21.3. The van der Waals surface area contributed by atoms with E-state index in [1.807, 2.05) is 0 Å². The maximum atomic E-state index is 14.5. The monoisotopic (exact) mass is 555 g/mol. The third kappa shape index (κ3) is 5.35. The minimum absolute atomic E-state index is 0.0457. The first-order valence-corrected chi connectivity index (χ1v) is 12.8. The average Bonchev–Trinajstić information content (AvgIpc) is 3.19. The molecule has 36 heavy (non-hydrogen) atoms. The Bertz CT molecular complexity index is 1650. The highest BCUT2D eigenvalue weighted by Crippen LogP contribution is 2.33. The summed E-state index contributed by atoms with van der Waals surface area (Å²) in [5.41, 5.74) is 0.964. The van der Waals surface area contributed by atoms with Crippen LogP contribution in [0.4, 0.5) is 19.6 Å². The summed E-state index contributed by atoms with van der Waals surface area (Å²) in [6.45, 7) is 1.55. The molecule has 0 saturated carbocycles. The summed E-state index contributed by atoms with van der Waals surface area (Å²) < 4.78 is 82.4. The number of aromatic nitrogens is 2. The topological polar surface area (TPSA) is 113 Å². The maximum absolute atomic E-state index is 14.5. The van der Waals surface area contributed by atoms with Crippen LogP contribution in [0.15, 0.2) is 53.7 Å². The van der Waals surface area contributed by atoms with Gasteiger partial charge in [-0.3, -0.25) is 4.72 Å². The minimum Gasteiger partial charge on any atom is -0.504 e. The lowest BCUT2D eigenvalue weighted by atomic mass is 10.2. The summed E-state index contributed by atoms with van der Waals surface area (Å²) >= 11 is 6.20. The van der Waals surface area contributed by atoms with Gasteiger partial charge in [-0.25, -0.2) is 14.4 Å². The standard InChI is InChI=1S/C23H19ClF2N4O4S2/c1-12-8-15(27-10-14-4-3-5-18(34-2)20(14)31)11-28-22(12)36(32,33)30-23-29-19(21(26)35-23)13-6-7-17(25)16(24)9-13/h3-9,11,27,31H,10H2,1-2H3,(H,29,30)/i2D3. The number of para-hydroxylation sites is 1. The molecule has 0 atom stereocenters. The summed E-state index contributed by atoms with van der Waals surface area (Å²) in [5.74, 6) is -1.25. The molecule has 0 fully saturated rings. The van der Waals surface area contributed by atoms with Gasteiger partial charge in [0.1, 0.15) is 11.5 Å². The molecule has 2 aromatic heterocycles. The molecule has 8 nitrogen and oxygen atoms in total. The maximum Gasteiger partial charge on any atom is 0.281 e. The van der Waals surface area contributed by atoms with Crippen LogP contribution in [0, 0.1) is 17.9 Å². The molecular formula is C23H19ClF2N4O4S2. The third-order valence-corrected chi connectivity index (χ3v) is 7.54. The van der Waals surface area contributed by atoms with Crippen molar-refractivity contribution in [2.24, 2.45) is 0 Å². The number of hydrogen-bond acceptors (Lipinski definition) is 8. The molecule has 188 valence electrons. The Morgan fingerprint density at radius 3 is 2.78 bits per heavy atom. The lowest BCUT2D eigenvalue weighted by molar-refractivity contribution is 0.371. The Morgan fingerprint density at radius 1 is 1.25 bits per heavy atom. The van der Waals surface area contributed by atoms with Crippen LogP contribution in [-0.4, -0.2) is 30.5 Å². The van der Waals surface area contributed by atoms with Crippen molar-refractivity contribution in [2.45, 2.75) is 18.5 Å². The van der Waals surface area contributed by atoms with E-state index in [4.69, 9.17) is 20.5 Å². The summed E-state index contributed by atoms with van der Waals surface area (Å²) in [5, 5.41) is 11.7. The highest BCUT2D eigenvalue weighted by Gasteiger charge is 2.23. The minimum atomic E-state index is -4.26. The summed E-state index contributed by atoms with van der Waals surface area (Å²) in [6, 6.07) is 9.38. The van der Waals surface area contributed by atoms with Crippen LogP contribution in [0.5, 0.6) is 11.5 Å². The Kier molecular flexibility index (Phi) is 6.20. The molecule has 0 unspecified atom stereocenters. The zero-order valence-corrected chi connectivity index (χ0v) is 20.7. The van der Waals surface area contributed by atoms with Crippen molar-refractivity contribution in [3.8, 4) is 22.8 Å². The van der Waals surface area contributed by atoms with Crippen molar-refractivity contribution in [2.75, 3.05) is 17.1 Å². The molecule has 4 aromatic rings. The number of halogens is 3. The third-order valence-electron chi connectivity index (χ3n) is 4.96. The number of methoxy groups -OCH3 is 1. The van der Waals surface area contributed by atoms with Crippen molar-refractivity contribution in [3.63, 3.8) is 0 Å². The Labute approximate surface area is 218 Å². The summed E-state index contributed by atoms with van der Waals surface area (Å²) in [4.78, 5) is 7.98. The van der Waals surface area contributed by atoms with Gasteiger partial charge in [0, 0.05) is 17.7 Å². The van der Waals surface area contributed by atoms with Gasteiger partial charge in [0.05, 0.1) is 28.1 Å². The van der Waals surface area contributed by atoms with Crippen LogP contribution in [0.25, 0.3) is 11.3 Å². The first-order chi connectivity index (χ1) is 18.2. The Hall–Kier alpha value is -3.48. The van der Waals surface area contributed by atoms with Crippen LogP contribution >= 0.6 is 22.9 Å². The number of phenols is 1. The molecule has 0 amide bonds. The fraction of sp³-hybridized carbons (Fsp3) is 0.130. The molecule has 0 saturated heterocycles. The second-order valence-electron chi connectivity index (χ2n) is 7.44. The highest BCUT2D eigenvalue weighted by molar-refractivity contribution is 7.92. The van der Waals surface area contributed by atoms with Gasteiger partial charge in [-0.1, -0.05) is 35.1 Å². The van der Waals surface area contributed by atoms with Crippen LogP contribution in [0.1, 0.15) is 15.2 Å². The van der Waals surface area contributed by atoms with Crippen molar-refractivity contribution >= 4 is 43.8 Å². The quantitative estimate of drug-likeness (QED) is 0.260. The Morgan fingerprint density at radius 2 is 2.06 bits per heavy atom. The first kappa shape index (κ1) is 21.8. The summed E-state index contributed by atoms with van der Waals surface area (Å²) in [7, 11) is -7.00. The largest absolute Gasteiger partial charge is 0.504 e. The second kappa shape index (κ2) is 10.2. The van der Waals surface area contributed by atoms with Crippen LogP contribution in [-0.2, 0) is 16.6 Å². The number of aromatic hydroxyl groups is 1. The number of sulfonamides is 1. The van der Waals surface area contributed by atoms with E-state index in [9.17, 15) is 22.3 Å². The van der Waals surface area contributed by atoms with Crippen LogP contribution in [0.2, 0.25) is 5.02 Å². The number of nitrogens with zero attached hydrogens (tertiary/aromatic N) is 2. The number of aryl methyl sites for hydroxylation is 1. The normalized spacial score (nSPS) is 12.9. The number of hydrogen-bond donors (Lipinski definition) is 3. The first-order valence-electron chi connectivity index (χ1n) is 11.6. The van der Waals surface area contributed by atoms with Gasteiger partial charge >= 0.3 is 0 Å². The van der Waals surface area contributed by atoms with Crippen molar-refractivity contribution in [1.29, 1.82) is 0 Å². The van der Waals surface area contributed by atoms with Crippen molar-refractivity contribution in [3.05, 3.63) is 75.8 Å². The average molecular weight is 556 g/mol. The van der Waals surface area contributed by atoms with Gasteiger partial charge in [0.15, 0.2) is 21.7 Å². The number of nitrogens with one attached hydrogen (secondary N) is 2. The fourth-order valence-electron chi connectivity index (χ4n) is 3.26. The molecule has 0 aliphatic rings. The SMILES string of the molecule is [2H]C([2H])([2H])Oc1cccc(CNc2cnc(S(=O)(=O)Nc3nc(-c4ccc(F)c(Cl)c4)c(F)s3)c(C)c2)c1O. The predicted octanol–water partition coefficient (Wildman–Crippen LogP) is 5.57. The molecule has 0 bridgehead atoms. The number of rotatable bonds is 8. The van der Waals surface area contributed by atoms with E-state index in [1.165, 1.54) is 43.5 Å². The van der Waals surface area contributed by atoms with E-state index < -0.39 is 28.0 Å². The lowest BCUT2D eigenvalue weighted by Gasteiger charge is -2.12. The van der Waals surface area contributed by atoms with E-state index >= 15 is 0 Å². The molecule has 13 heteroatoms. The molecule has 3 N–H and O–H groups in total. The van der Waals surface area contributed by atoms with Crippen molar-refractivity contribution < 1.29 is 31.2 Å². The molecule has 0 aliphatic carbocycles. The van der Waals surface area contributed by atoms with Gasteiger partial charge in [0.25, 0.3) is 10.0 Å². The molecular weight excluding hydrogens is 534 g/mol. The summed E-state index contributed by atoms with van der Waals surface area (Å²) in [6.07, 6.45) is 1.25. The molecule has 0 aliphatic heterocycles. The fourth-order valence-corrected chi connectivity index (χ4v) is 5.55. The van der Waals surface area contributed by atoms with Gasteiger partial charge < -0.3 is 15.2 Å². The number of thiazole rings is 1. The van der Waals surface area contributed by atoms with E-state index in [2.05, 4.69) is 20.0 Å². The molecule has 2 heterocycles. The van der Waals surface area contributed by atoms with E-state index in [1.54, 1.807) is 6.07 Å². The van der Waals surface area contributed by atoms with Gasteiger partial charge in [-0.05, 0) is 42.8 Å². The second-order valence-corrected chi connectivity index (χ2v) is 10.4. The number of benzene rings is 2. The highest BCUT2D eigenvalue weighted by atomic mass is 35.5. The lowest BCUT2D eigenvalue weighted by Crippen LogP contribution is -2.16. The number of phenolic OH excluding ortho intramolecular Hbond substituents is 1. The van der Waals surface area contributed by atoms with Gasteiger partial charge in [-0.15, -0.1) is 0 Å². The Balaban J connectivity index is 1.49. The number of anilines is 2. The van der Waals surface area contributed by atoms with Crippen LogP contribution < -0.4 is 14.8 Å². The van der Waals surface area contributed by atoms with E-state index in [0.29, 0.717) is 22.6 Å². The predicted molar refractivity (Wildman–Crippen MR) is 134 cm³/mol. The van der Waals surface area contributed by atoms with Crippen molar-refractivity contribution in [1.82, 2.24) is 9.97 Å². The zero-order chi connectivity index (χ0) is 28.5.